The van der Waals surface area contributed by atoms with Gasteiger partial charge in [0.15, 0.2) is 5.82 Å². The number of carbonyl (C=O) groups excluding carboxylic acids is 1. The standard InChI is InChI=1S/C11H20N4O/c1-5-11(12,6-2)10(16)13-9-7(3)8(4)14-15-9/h5-6,12H2,1-4H3,(H2,13,14,15,16). The summed E-state index contributed by atoms with van der Waals surface area (Å²) in [6.45, 7) is 7.63. The largest absolute Gasteiger partial charge is 0.317 e. The third kappa shape index (κ3) is 2.24. The maximum atomic E-state index is 12.0. The van der Waals surface area contributed by atoms with Crippen LogP contribution in [0.5, 0.6) is 0 Å². The van der Waals surface area contributed by atoms with E-state index >= 15 is 0 Å². The molecule has 0 aromatic carbocycles. The van der Waals surface area contributed by atoms with Crippen molar-refractivity contribution in [3.63, 3.8) is 0 Å². The molecule has 0 aliphatic carbocycles. The Hall–Kier alpha value is -1.36. The molecule has 0 saturated heterocycles. The summed E-state index contributed by atoms with van der Waals surface area (Å²) in [7, 11) is 0. The molecule has 1 aromatic heterocycles. The van der Waals surface area contributed by atoms with E-state index < -0.39 is 5.54 Å². The van der Waals surface area contributed by atoms with E-state index in [0.29, 0.717) is 18.7 Å². The number of carbonyl (C=O) groups is 1. The number of rotatable bonds is 4. The molecule has 1 amide bonds. The van der Waals surface area contributed by atoms with Gasteiger partial charge in [-0.15, -0.1) is 0 Å². The number of amides is 1. The van der Waals surface area contributed by atoms with Gasteiger partial charge in [-0.3, -0.25) is 9.89 Å². The number of nitrogens with two attached hydrogens (primary N) is 1. The number of aromatic amines is 1. The van der Waals surface area contributed by atoms with Crippen LogP contribution in [0.1, 0.15) is 37.9 Å². The highest BCUT2D eigenvalue weighted by atomic mass is 16.2. The maximum Gasteiger partial charge on any atom is 0.245 e. The molecule has 0 aliphatic rings. The van der Waals surface area contributed by atoms with E-state index in [0.717, 1.165) is 11.3 Å². The van der Waals surface area contributed by atoms with Crippen molar-refractivity contribution in [3.8, 4) is 0 Å². The highest BCUT2D eigenvalue weighted by Crippen LogP contribution is 2.18. The molecule has 0 spiro atoms. The van der Waals surface area contributed by atoms with Gasteiger partial charge in [-0.1, -0.05) is 13.8 Å². The van der Waals surface area contributed by atoms with Crippen LogP contribution in [0.15, 0.2) is 0 Å². The minimum absolute atomic E-state index is 0.174. The molecule has 90 valence electrons. The van der Waals surface area contributed by atoms with Crippen molar-refractivity contribution in [2.24, 2.45) is 5.73 Å². The Morgan fingerprint density at radius 3 is 2.38 bits per heavy atom. The molecular weight excluding hydrogens is 204 g/mol. The number of hydrogen-bond donors (Lipinski definition) is 3. The monoisotopic (exact) mass is 224 g/mol. The van der Waals surface area contributed by atoms with Crippen molar-refractivity contribution in [3.05, 3.63) is 11.3 Å². The van der Waals surface area contributed by atoms with Crippen molar-refractivity contribution in [1.82, 2.24) is 10.2 Å². The summed E-state index contributed by atoms with van der Waals surface area (Å²) in [5.74, 6) is 0.395. The van der Waals surface area contributed by atoms with Gasteiger partial charge in [0.25, 0.3) is 0 Å². The lowest BCUT2D eigenvalue weighted by atomic mass is 9.93. The summed E-state index contributed by atoms with van der Waals surface area (Å²) in [6, 6.07) is 0. The SMILES string of the molecule is CCC(N)(CC)C(=O)Nc1n[nH]c(C)c1C. The van der Waals surface area contributed by atoms with Crippen LogP contribution in [0.3, 0.4) is 0 Å². The average molecular weight is 224 g/mol. The molecular formula is C11H20N4O. The lowest BCUT2D eigenvalue weighted by Gasteiger charge is -2.24. The average Bonchev–Trinajstić information content (AvgIpc) is 2.59. The van der Waals surface area contributed by atoms with E-state index in [1.165, 1.54) is 0 Å². The fraction of sp³-hybridized carbons (Fsp3) is 0.636. The van der Waals surface area contributed by atoms with Crippen LogP contribution in [0.2, 0.25) is 0 Å². The Balaban J connectivity index is 2.82. The van der Waals surface area contributed by atoms with Crippen LogP contribution in [0.25, 0.3) is 0 Å². The topological polar surface area (TPSA) is 83.8 Å². The highest BCUT2D eigenvalue weighted by Gasteiger charge is 2.30. The number of nitrogens with zero attached hydrogens (tertiary/aromatic N) is 1. The van der Waals surface area contributed by atoms with Gasteiger partial charge in [0, 0.05) is 11.3 Å². The number of nitrogens with one attached hydrogen (secondary N) is 2. The van der Waals surface area contributed by atoms with Crippen LogP contribution in [0.4, 0.5) is 5.82 Å². The summed E-state index contributed by atoms with van der Waals surface area (Å²) in [5.41, 5.74) is 7.09. The first-order chi connectivity index (χ1) is 7.44. The molecule has 0 atom stereocenters. The second kappa shape index (κ2) is 4.65. The summed E-state index contributed by atoms with van der Waals surface area (Å²) in [5, 5.41) is 9.62. The van der Waals surface area contributed by atoms with Gasteiger partial charge in [0.1, 0.15) is 0 Å². The van der Waals surface area contributed by atoms with Crippen molar-refractivity contribution < 1.29 is 4.79 Å². The van der Waals surface area contributed by atoms with E-state index in [9.17, 15) is 4.79 Å². The van der Waals surface area contributed by atoms with Crippen molar-refractivity contribution >= 4 is 11.7 Å². The second-order valence-electron chi connectivity index (χ2n) is 4.14. The first kappa shape index (κ1) is 12.7. The van der Waals surface area contributed by atoms with Gasteiger partial charge in [0.2, 0.25) is 5.91 Å². The van der Waals surface area contributed by atoms with Crippen molar-refractivity contribution in [2.75, 3.05) is 5.32 Å². The zero-order valence-electron chi connectivity index (χ0n) is 10.3. The molecule has 0 saturated carbocycles. The van der Waals surface area contributed by atoms with E-state index in [-0.39, 0.29) is 5.91 Å². The Bertz CT molecular complexity index is 379. The minimum atomic E-state index is -0.806. The predicted molar refractivity (Wildman–Crippen MR) is 64.2 cm³/mol. The normalized spacial score (nSPS) is 11.6. The first-order valence-electron chi connectivity index (χ1n) is 5.56. The predicted octanol–water partition coefficient (Wildman–Crippen LogP) is 1.48. The van der Waals surface area contributed by atoms with Crippen molar-refractivity contribution in [2.45, 2.75) is 46.1 Å². The van der Waals surface area contributed by atoms with Crippen LogP contribution < -0.4 is 11.1 Å². The second-order valence-corrected chi connectivity index (χ2v) is 4.14. The molecule has 1 heterocycles. The number of aryl methyl sites for hydroxylation is 1. The Morgan fingerprint density at radius 1 is 1.44 bits per heavy atom. The first-order valence-corrected chi connectivity index (χ1v) is 5.56. The maximum absolute atomic E-state index is 12.0. The van der Waals surface area contributed by atoms with Crippen LogP contribution in [0, 0.1) is 13.8 Å². The summed E-state index contributed by atoms with van der Waals surface area (Å²) >= 11 is 0. The third-order valence-electron chi connectivity index (χ3n) is 3.20. The van der Waals surface area contributed by atoms with Crippen LogP contribution in [-0.2, 0) is 4.79 Å². The van der Waals surface area contributed by atoms with E-state index in [1.54, 1.807) is 0 Å². The lowest BCUT2D eigenvalue weighted by molar-refractivity contribution is -0.121. The molecule has 1 aromatic rings. The Kier molecular flexibility index (Phi) is 3.70. The van der Waals surface area contributed by atoms with Gasteiger partial charge in [-0.2, -0.15) is 5.10 Å². The molecule has 4 N–H and O–H groups in total. The number of hydrogen-bond acceptors (Lipinski definition) is 3. The Labute approximate surface area is 95.8 Å². The lowest BCUT2D eigenvalue weighted by Crippen LogP contribution is -2.50. The number of anilines is 1. The van der Waals surface area contributed by atoms with Gasteiger partial charge in [-0.05, 0) is 26.7 Å². The van der Waals surface area contributed by atoms with Gasteiger partial charge >= 0.3 is 0 Å². The fourth-order valence-corrected chi connectivity index (χ4v) is 1.41. The molecule has 0 bridgehead atoms. The van der Waals surface area contributed by atoms with Gasteiger partial charge in [0.05, 0.1) is 5.54 Å². The molecule has 16 heavy (non-hydrogen) atoms. The van der Waals surface area contributed by atoms with Gasteiger partial charge in [-0.25, -0.2) is 0 Å². The zero-order valence-corrected chi connectivity index (χ0v) is 10.3. The molecule has 5 heteroatoms. The number of H-pyrrole nitrogens is 1. The fourth-order valence-electron chi connectivity index (χ4n) is 1.41. The van der Waals surface area contributed by atoms with Crippen LogP contribution >= 0.6 is 0 Å². The summed E-state index contributed by atoms with van der Waals surface area (Å²) in [6.07, 6.45) is 1.22. The summed E-state index contributed by atoms with van der Waals surface area (Å²) < 4.78 is 0. The van der Waals surface area contributed by atoms with E-state index in [2.05, 4.69) is 15.5 Å². The molecule has 5 nitrogen and oxygen atoms in total. The van der Waals surface area contributed by atoms with E-state index in [4.69, 9.17) is 5.73 Å². The highest BCUT2D eigenvalue weighted by molar-refractivity contribution is 5.97. The van der Waals surface area contributed by atoms with Crippen molar-refractivity contribution in [1.29, 1.82) is 0 Å². The molecule has 0 radical (unpaired) electrons. The van der Waals surface area contributed by atoms with Gasteiger partial charge < -0.3 is 11.1 Å². The van der Waals surface area contributed by atoms with E-state index in [1.807, 2.05) is 27.7 Å². The molecule has 0 unspecified atom stereocenters. The smallest absolute Gasteiger partial charge is 0.245 e. The molecule has 1 rings (SSSR count). The number of aromatic nitrogens is 2. The molecule has 0 fully saturated rings. The van der Waals surface area contributed by atoms with Crippen LogP contribution in [-0.4, -0.2) is 21.6 Å². The zero-order chi connectivity index (χ0) is 12.3. The third-order valence-corrected chi connectivity index (χ3v) is 3.20. The molecule has 0 aliphatic heterocycles. The minimum Gasteiger partial charge on any atom is -0.317 e. The summed E-state index contributed by atoms with van der Waals surface area (Å²) in [4.78, 5) is 12.0. The quantitative estimate of drug-likeness (QED) is 0.724. The Morgan fingerprint density at radius 2 is 2.00 bits per heavy atom.